The van der Waals surface area contributed by atoms with E-state index >= 15 is 0 Å². The van der Waals surface area contributed by atoms with Crippen molar-refractivity contribution in [1.82, 2.24) is 0 Å². The number of para-hydroxylation sites is 1. The molecule has 0 spiro atoms. The van der Waals surface area contributed by atoms with Crippen LogP contribution >= 0.6 is 0 Å². The smallest absolute Gasteiger partial charge is 0.0608 e. The molecule has 1 aliphatic heterocycles. The third-order valence-corrected chi connectivity index (χ3v) is 4.35. The highest BCUT2D eigenvalue weighted by Crippen LogP contribution is 2.50. The van der Waals surface area contributed by atoms with Crippen LogP contribution in [0.15, 0.2) is 54.6 Å². The van der Waals surface area contributed by atoms with Crippen molar-refractivity contribution >= 4 is 5.69 Å². The molecule has 1 N–H and O–H groups in total. The number of hydrogen-bond acceptors (Lipinski definition) is 1. The molecule has 0 saturated heterocycles. The van der Waals surface area contributed by atoms with Gasteiger partial charge in [0.15, 0.2) is 0 Å². The van der Waals surface area contributed by atoms with E-state index in [1.54, 1.807) is 0 Å². The molecule has 1 nitrogen and oxygen atoms in total. The second-order valence-corrected chi connectivity index (χ2v) is 5.30. The Bertz CT molecular complexity index is 547. The summed E-state index contributed by atoms with van der Waals surface area (Å²) in [6, 6.07) is 19.8. The quantitative estimate of drug-likeness (QED) is 0.809. The molecule has 1 aliphatic rings. The average Bonchev–Trinajstić information content (AvgIpc) is 2.74. The van der Waals surface area contributed by atoms with E-state index in [-0.39, 0.29) is 5.41 Å². The van der Waals surface area contributed by atoms with Gasteiger partial charge in [-0.1, -0.05) is 62.4 Å². The molecule has 0 unspecified atom stereocenters. The number of rotatable bonds is 2. The minimum atomic E-state index is 0.179. The van der Waals surface area contributed by atoms with Gasteiger partial charge in [-0.25, -0.2) is 0 Å². The zero-order valence-electron chi connectivity index (χ0n) is 11.0. The predicted octanol–water partition coefficient (Wildman–Crippen LogP) is 4.52. The minimum absolute atomic E-state index is 0.179. The number of anilines is 1. The van der Waals surface area contributed by atoms with Gasteiger partial charge in [0.05, 0.1) is 6.04 Å². The molecule has 1 heteroatoms. The predicted molar refractivity (Wildman–Crippen MR) is 76.9 cm³/mol. The standard InChI is InChI=1S/C17H19N/c1-3-17(2)14-11-7-8-12-15(14)18-16(17)13-9-5-4-6-10-13/h4-12,16,18H,3H2,1-2H3/t16-,17+/m1/s1. The van der Waals surface area contributed by atoms with Crippen LogP contribution in [0.3, 0.4) is 0 Å². The molecule has 0 aromatic heterocycles. The summed E-state index contributed by atoms with van der Waals surface area (Å²) in [6.45, 7) is 4.64. The summed E-state index contributed by atoms with van der Waals surface area (Å²) in [4.78, 5) is 0. The molecule has 0 radical (unpaired) electrons. The van der Waals surface area contributed by atoms with Crippen molar-refractivity contribution in [3.63, 3.8) is 0 Å². The fourth-order valence-electron chi connectivity index (χ4n) is 3.07. The second-order valence-electron chi connectivity index (χ2n) is 5.30. The molecule has 18 heavy (non-hydrogen) atoms. The van der Waals surface area contributed by atoms with Crippen molar-refractivity contribution in [2.24, 2.45) is 0 Å². The lowest BCUT2D eigenvalue weighted by Gasteiger charge is -2.31. The van der Waals surface area contributed by atoms with E-state index in [1.807, 2.05) is 0 Å². The highest BCUT2D eigenvalue weighted by Gasteiger charge is 2.42. The van der Waals surface area contributed by atoms with Crippen LogP contribution in [0.25, 0.3) is 0 Å². The molecule has 0 bridgehead atoms. The summed E-state index contributed by atoms with van der Waals surface area (Å²) in [7, 11) is 0. The molecule has 2 aromatic carbocycles. The molecule has 0 fully saturated rings. The normalized spacial score (nSPS) is 25.6. The third-order valence-electron chi connectivity index (χ3n) is 4.35. The number of hydrogen-bond donors (Lipinski definition) is 1. The topological polar surface area (TPSA) is 12.0 Å². The largest absolute Gasteiger partial charge is 0.377 e. The van der Waals surface area contributed by atoms with E-state index < -0.39 is 0 Å². The fourth-order valence-corrected chi connectivity index (χ4v) is 3.07. The highest BCUT2D eigenvalue weighted by atomic mass is 15.0. The third kappa shape index (κ3) is 1.54. The van der Waals surface area contributed by atoms with Gasteiger partial charge in [0.2, 0.25) is 0 Å². The lowest BCUT2D eigenvalue weighted by molar-refractivity contribution is 0.413. The van der Waals surface area contributed by atoms with E-state index in [0.717, 1.165) is 6.42 Å². The molecule has 0 saturated carbocycles. The lowest BCUT2D eigenvalue weighted by Crippen LogP contribution is -2.28. The summed E-state index contributed by atoms with van der Waals surface area (Å²) < 4.78 is 0. The van der Waals surface area contributed by atoms with Crippen molar-refractivity contribution in [3.8, 4) is 0 Å². The van der Waals surface area contributed by atoms with Gasteiger partial charge in [-0.2, -0.15) is 0 Å². The fraction of sp³-hybridized carbons (Fsp3) is 0.294. The lowest BCUT2D eigenvalue weighted by atomic mass is 9.74. The molecular formula is C17H19N. The molecule has 92 valence electrons. The maximum absolute atomic E-state index is 3.69. The molecule has 0 aliphatic carbocycles. The molecule has 2 aromatic rings. The maximum Gasteiger partial charge on any atom is 0.0608 e. The monoisotopic (exact) mass is 237 g/mol. The van der Waals surface area contributed by atoms with Gasteiger partial charge < -0.3 is 5.32 Å². The highest BCUT2D eigenvalue weighted by molar-refractivity contribution is 5.63. The number of nitrogens with one attached hydrogen (secondary N) is 1. The Morgan fingerprint density at radius 3 is 2.39 bits per heavy atom. The summed E-state index contributed by atoms with van der Waals surface area (Å²) in [5.74, 6) is 0. The van der Waals surface area contributed by atoms with Crippen LogP contribution in [0.4, 0.5) is 5.69 Å². The van der Waals surface area contributed by atoms with Crippen molar-refractivity contribution < 1.29 is 0 Å². The van der Waals surface area contributed by atoms with Crippen molar-refractivity contribution in [3.05, 3.63) is 65.7 Å². The summed E-state index contributed by atoms with van der Waals surface area (Å²) in [6.07, 6.45) is 1.14. The van der Waals surface area contributed by atoms with Crippen LogP contribution in [0.1, 0.15) is 37.4 Å². The molecule has 3 rings (SSSR count). The summed E-state index contributed by atoms with van der Waals surface area (Å²) in [5, 5.41) is 3.69. The summed E-state index contributed by atoms with van der Waals surface area (Å²) in [5.41, 5.74) is 4.29. The Morgan fingerprint density at radius 2 is 1.67 bits per heavy atom. The van der Waals surface area contributed by atoms with Crippen LogP contribution in [0.2, 0.25) is 0 Å². The van der Waals surface area contributed by atoms with E-state index in [0.29, 0.717) is 6.04 Å². The number of benzene rings is 2. The first-order chi connectivity index (χ1) is 8.75. The first kappa shape index (κ1) is 11.3. The summed E-state index contributed by atoms with van der Waals surface area (Å²) >= 11 is 0. The van der Waals surface area contributed by atoms with Gasteiger partial charge in [0.25, 0.3) is 0 Å². The molecule has 2 atom stereocenters. The van der Waals surface area contributed by atoms with E-state index in [4.69, 9.17) is 0 Å². The van der Waals surface area contributed by atoms with Gasteiger partial charge in [0.1, 0.15) is 0 Å². The van der Waals surface area contributed by atoms with Crippen LogP contribution < -0.4 is 5.32 Å². The zero-order chi connectivity index (χ0) is 12.6. The second kappa shape index (κ2) is 4.16. The molecule has 0 amide bonds. The van der Waals surface area contributed by atoms with Gasteiger partial charge in [-0.3, -0.25) is 0 Å². The van der Waals surface area contributed by atoms with E-state index in [9.17, 15) is 0 Å². The average molecular weight is 237 g/mol. The van der Waals surface area contributed by atoms with Gasteiger partial charge >= 0.3 is 0 Å². The first-order valence-corrected chi connectivity index (χ1v) is 6.66. The van der Waals surface area contributed by atoms with Crippen LogP contribution in [0, 0.1) is 0 Å². The van der Waals surface area contributed by atoms with E-state index in [2.05, 4.69) is 73.8 Å². The number of fused-ring (bicyclic) bond motifs is 1. The van der Waals surface area contributed by atoms with Gasteiger partial charge in [-0.05, 0) is 23.6 Å². The Labute approximate surface area is 109 Å². The van der Waals surface area contributed by atoms with Crippen molar-refractivity contribution in [2.45, 2.75) is 31.7 Å². The van der Waals surface area contributed by atoms with Gasteiger partial charge in [0, 0.05) is 11.1 Å². The molecular weight excluding hydrogens is 218 g/mol. The molecule has 1 heterocycles. The SMILES string of the molecule is CC[C@@]1(C)c2ccccc2N[C@@H]1c1ccccc1. The van der Waals surface area contributed by atoms with Crippen molar-refractivity contribution in [1.29, 1.82) is 0 Å². The maximum atomic E-state index is 3.69. The Hall–Kier alpha value is -1.76. The first-order valence-electron chi connectivity index (χ1n) is 6.66. The zero-order valence-corrected chi connectivity index (χ0v) is 11.0. The van der Waals surface area contributed by atoms with Crippen molar-refractivity contribution in [2.75, 3.05) is 5.32 Å². The minimum Gasteiger partial charge on any atom is -0.377 e. The van der Waals surface area contributed by atoms with Crippen LogP contribution in [-0.2, 0) is 5.41 Å². The Kier molecular flexibility index (Phi) is 2.62. The Balaban J connectivity index is 2.10. The van der Waals surface area contributed by atoms with Crippen LogP contribution in [0.5, 0.6) is 0 Å². The van der Waals surface area contributed by atoms with E-state index in [1.165, 1.54) is 16.8 Å². The Morgan fingerprint density at radius 1 is 1.00 bits per heavy atom. The van der Waals surface area contributed by atoms with Gasteiger partial charge in [-0.15, -0.1) is 0 Å². The van der Waals surface area contributed by atoms with Crippen LogP contribution in [-0.4, -0.2) is 0 Å².